The fourth-order valence-corrected chi connectivity index (χ4v) is 5.40. The Morgan fingerprint density at radius 3 is 2.53 bits per heavy atom. The van der Waals surface area contributed by atoms with Gasteiger partial charge < -0.3 is 4.18 Å². The summed E-state index contributed by atoms with van der Waals surface area (Å²) >= 11 is 18.6. The molecule has 1 aliphatic rings. The van der Waals surface area contributed by atoms with E-state index in [1.165, 1.54) is 35.2 Å². The number of halogens is 2. The van der Waals surface area contributed by atoms with E-state index in [2.05, 4.69) is 6.58 Å². The smallest absolute Gasteiger partial charge is 0.339 e. The Balaban J connectivity index is 2.03. The minimum atomic E-state index is -4.16. The molecule has 1 aliphatic heterocycles. The predicted molar refractivity (Wildman–Crippen MR) is 126 cm³/mol. The van der Waals surface area contributed by atoms with Gasteiger partial charge in [0.2, 0.25) is 0 Å². The van der Waals surface area contributed by atoms with Crippen LogP contribution in [0.4, 0.5) is 0 Å². The summed E-state index contributed by atoms with van der Waals surface area (Å²) in [6, 6.07) is 9.02. The molecule has 0 bridgehead atoms. The number of benzene rings is 2. The lowest BCUT2D eigenvalue weighted by Gasteiger charge is -2.13. The van der Waals surface area contributed by atoms with Crippen LogP contribution >= 0.6 is 47.2 Å². The van der Waals surface area contributed by atoms with Gasteiger partial charge in [-0.1, -0.05) is 71.0 Å². The standard InChI is InChI=1S/C20H15Cl2NO4S3/c1-3-8-23-19(24)17(29-20(23)28)10-13-9-14(21)11-16(22)18(13)27-30(25,26)15-6-4-12(2)5-7-15/h3-7,9-11H,1,8H2,2H3/b17-10+. The summed E-state index contributed by atoms with van der Waals surface area (Å²) in [5.74, 6) is -0.455. The Morgan fingerprint density at radius 1 is 1.23 bits per heavy atom. The highest BCUT2D eigenvalue weighted by Crippen LogP contribution is 2.39. The molecule has 0 atom stereocenters. The average Bonchev–Trinajstić information content (AvgIpc) is 2.93. The summed E-state index contributed by atoms with van der Waals surface area (Å²) in [4.78, 5) is 14.3. The molecule has 0 saturated carbocycles. The van der Waals surface area contributed by atoms with Gasteiger partial charge in [0.15, 0.2) is 5.75 Å². The van der Waals surface area contributed by atoms with Crippen molar-refractivity contribution in [2.24, 2.45) is 0 Å². The van der Waals surface area contributed by atoms with Crippen LogP contribution in [0.5, 0.6) is 5.75 Å². The van der Waals surface area contributed by atoms with Crippen LogP contribution < -0.4 is 4.18 Å². The molecule has 30 heavy (non-hydrogen) atoms. The van der Waals surface area contributed by atoms with Gasteiger partial charge in [-0.3, -0.25) is 9.69 Å². The van der Waals surface area contributed by atoms with E-state index in [1.54, 1.807) is 18.2 Å². The number of aryl methyl sites for hydroxylation is 1. The topological polar surface area (TPSA) is 63.7 Å². The van der Waals surface area contributed by atoms with Crippen molar-refractivity contribution in [3.63, 3.8) is 0 Å². The van der Waals surface area contributed by atoms with Crippen LogP contribution in [0.3, 0.4) is 0 Å². The molecule has 0 N–H and O–H groups in total. The third kappa shape index (κ3) is 4.90. The molecule has 2 aromatic rings. The molecule has 0 radical (unpaired) electrons. The van der Waals surface area contributed by atoms with Gasteiger partial charge >= 0.3 is 10.1 Å². The van der Waals surface area contributed by atoms with Crippen molar-refractivity contribution in [1.29, 1.82) is 0 Å². The van der Waals surface area contributed by atoms with Crippen LogP contribution in [0.25, 0.3) is 6.08 Å². The van der Waals surface area contributed by atoms with Crippen LogP contribution in [0.15, 0.2) is 58.9 Å². The molecule has 1 amide bonds. The Labute approximate surface area is 194 Å². The van der Waals surface area contributed by atoms with Crippen molar-refractivity contribution < 1.29 is 17.4 Å². The fraction of sp³-hybridized carbons (Fsp3) is 0.100. The molecule has 156 valence electrons. The third-order valence-electron chi connectivity index (χ3n) is 4.01. The SMILES string of the molecule is C=CCN1C(=O)/C(=C\c2cc(Cl)cc(Cl)c2OS(=O)(=O)c2ccc(C)cc2)SC1=S. The zero-order chi connectivity index (χ0) is 22.1. The largest absolute Gasteiger partial charge is 0.377 e. The molecule has 1 saturated heterocycles. The van der Waals surface area contributed by atoms with Gasteiger partial charge in [0.25, 0.3) is 5.91 Å². The Kier molecular flexibility index (Phi) is 6.94. The summed E-state index contributed by atoms with van der Waals surface area (Å²) in [5.41, 5.74) is 1.14. The maximum atomic E-state index is 12.7. The number of carbonyl (C=O) groups excluding carboxylic acids is 1. The first-order valence-electron chi connectivity index (χ1n) is 8.49. The molecule has 3 rings (SSSR count). The maximum absolute atomic E-state index is 12.7. The molecular weight excluding hydrogens is 485 g/mol. The zero-order valence-electron chi connectivity index (χ0n) is 15.6. The van der Waals surface area contributed by atoms with Gasteiger partial charge in [0, 0.05) is 17.1 Å². The van der Waals surface area contributed by atoms with Crippen LogP contribution in [0.1, 0.15) is 11.1 Å². The van der Waals surface area contributed by atoms with E-state index >= 15 is 0 Å². The van der Waals surface area contributed by atoms with Crippen molar-refractivity contribution in [1.82, 2.24) is 4.90 Å². The molecule has 0 spiro atoms. The Bertz CT molecular complexity index is 1180. The number of carbonyl (C=O) groups is 1. The van der Waals surface area contributed by atoms with E-state index in [4.69, 9.17) is 39.6 Å². The summed E-state index contributed by atoms with van der Waals surface area (Å²) in [5, 5.41) is 0.249. The second-order valence-electron chi connectivity index (χ2n) is 6.24. The van der Waals surface area contributed by atoms with E-state index in [0.717, 1.165) is 17.3 Å². The average molecular weight is 500 g/mol. The highest BCUT2D eigenvalue weighted by Gasteiger charge is 2.32. The predicted octanol–water partition coefficient (Wildman–Crippen LogP) is 5.46. The highest BCUT2D eigenvalue weighted by atomic mass is 35.5. The molecule has 0 aliphatic carbocycles. The fourth-order valence-electron chi connectivity index (χ4n) is 2.57. The van der Waals surface area contributed by atoms with Crippen molar-refractivity contribution in [2.45, 2.75) is 11.8 Å². The minimum absolute atomic E-state index is 0.00833. The quantitative estimate of drug-likeness (QED) is 0.227. The first-order chi connectivity index (χ1) is 14.1. The van der Waals surface area contributed by atoms with Gasteiger partial charge in [-0.05, 0) is 37.3 Å². The number of hydrogen-bond donors (Lipinski definition) is 0. The van der Waals surface area contributed by atoms with Crippen LogP contribution in [0, 0.1) is 6.92 Å². The number of amides is 1. The van der Waals surface area contributed by atoms with Gasteiger partial charge in [0.05, 0.1) is 9.93 Å². The molecule has 0 aromatic heterocycles. The number of hydrogen-bond acceptors (Lipinski definition) is 6. The first kappa shape index (κ1) is 22.8. The third-order valence-corrected chi connectivity index (χ3v) is 7.12. The molecule has 2 aromatic carbocycles. The summed E-state index contributed by atoms with van der Waals surface area (Å²) in [6.07, 6.45) is 3.02. The van der Waals surface area contributed by atoms with E-state index in [-0.39, 0.29) is 43.6 Å². The summed E-state index contributed by atoms with van der Waals surface area (Å²) < 4.78 is 31.2. The second-order valence-corrected chi connectivity index (χ2v) is 10.3. The minimum Gasteiger partial charge on any atom is -0.377 e. The molecule has 0 unspecified atom stereocenters. The molecule has 1 fully saturated rings. The maximum Gasteiger partial charge on any atom is 0.339 e. The lowest BCUT2D eigenvalue weighted by Crippen LogP contribution is -2.27. The van der Waals surface area contributed by atoms with Crippen molar-refractivity contribution in [2.75, 3.05) is 6.54 Å². The lowest BCUT2D eigenvalue weighted by molar-refractivity contribution is -0.121. The van der Waals surface area contributed by atoms with E-state index in [9.17, 15) is 13.2 Å². The van der Waals surface area contributed by atoms with Gasteiger partial charge in [-0.15, -0.1) is 6.58 Å². The molecular formula is C20H15Cl2NO4S3. The Morgan fingerprint density at radius 2 is 1.90 bits per heavy atom. The first-order valence-corrected chi connectivity index (χ1v) is 11.9. The van der Waals surface area contributed by atoms with Crippen LogP contribution in [-0.2, 0) is 14.9 Å². The summed E-state index contributed by atoms with van der Waals surface area (Å²) in [6.45, 7) is 5.72. The van der Waals surface area contributed by atoms with Gasteiger partial charge in [-0.25, -0.2) is 0 Å². The number of nitrogens with zero attached hydrogens (tertiary/aromatic N) is 1. The van der Waals surface area contributed by atoms with Gasteiger partial charge in [0.1, 0.15) is 9.22 Å². The normalized spacial score (nSPS) is 15.7. The van der Waals surface area contributed by atoms with Crippen molar-refractivity contribution in [3.8, 4) is 5.75 Å². The van der Waals surface area contributed by atoms with E-state index in [1.807, 2.05) is 6.92 Å². The second kappa shape index (κ2) is 9.11. The highest BCUT2D eigenvalue weighted by molar-refractivity contribution is 8.26. The monoisotopic (exact) mass is 499 g/mol. The van der Waals surface area contributed by atoms with Crippen LogP contribution in [0.2, 0.25) is 10.0 Å². The molecule has 10 heteroatoms. The Hall–Kier alpha value is -1.84. The van der Waals surface area contributed by atoms with Crippen molar-refractivity contribution >= 4 is 73.6 Å². The number of rotatable bonds is 6. The summed E-state index contributed by atoms with van der Waals surface area (Å²) in [7, 11) is -4.16. The number of thiocarbonyl (C=S) groups is 1. The van der Waals surface area contributed by atoms with Gasteiger partial charge in [-0.2, -0.15) is 8.42 Å². The zero-order valence-corrected chi connectivity index (χ0v) is 19.6. The van der Waals surface area contributed by atoms with E-state index in [0.29, 0.717) is 4.32 Å². The molecule has 5 nitrogen and oxygen atoms in total. The molecule has 1 heterocycles. The lowest BCUT2D eigenvalue weighted by atomic mass is 10.2. The van der Waals surface area contributed by atoms with Crippen molar-refractivity contribution in [3.05, 3.63) is 75.1 Å². The van der Waals surface area contributed by atoms with Crippen LogP contribution in [-0.4, -0.2) is 30.1 Å². The number of thioether (sulfide) groups is 1. The van der Waals surface area contributed by atoms with E-state index < -0.39 is 10.1 Å².